The van der Waals surface area contributed by atoms with Gasteiger partial charge in [-0.15, -0.1) is 0 Å². The number of benzene rings is 3. The van der Waals surface area contributed by atoms with E-state index in [1.807, 2.05) is 78.9 Å². The summed E-state index contributed by atoms with van der Waals surface area (Å²) in [4.78, 5) is 44.8. The van der Waals surface area contributed by atoms with E-state index in [-0.39, 0.29) is 43.4 Å². The van der Waals surface area contributed by atoms with Crippen LogP contribution in [0.15, 0.2) is 83.7 Å². The Morgan fingerprint density at radius 1 is 0.947 bits per heavy atom. The van der Waals surface area contributed by atoms with Crippen molar-refractivity contribution in [2.75, 3.05) is 13.2 Å². The topological polar surface area (TPSA) is 110 Å². The number of carbonyl (C=O) groups is 2. The summed E-state index contributed by atoms with van der Waals surface area (Å²) >= 11 is 6.31. The predicted octanol–water partition coefficient (Wildman–Crippen LogP) is 4.55. The quantitative estimate of drug-likeness (QED) is 0.290. The lowest BCUT2D eigenvalue weighted by Gasteiger charge is -2.12. The molecule has 4 rings (SSSR count). The summed E-state index contributed by atoms with van der Waals surface area (Å²) in [6, 6.07) is 24.4. The second kappa shape index (κ2) is 12.7. The van der Waals surface area contributed by atoms with Crippen molar-refractivity contribution in [3.05, 3.63) is 117 Å². The van der Waals surface area contributed by atoms with Gasteiger partial charge in [-0.2, -0.15) is 0 Å². The van der Waals surface area contributed by atoms with E-state index in [1.54, 1.807) is 6.92 Å². The highest BCUT2D eigenvalue weighted by Crippen LogP contribution is 2.27. The van der Waals surface area contributed by atoms with Crippen LogP contribution in [0, 0.1) is 0 Å². The minimum atomic E-state index is -0.720. The van der Waals surface area contributed by atoms with Crippen LogP contribution in [-0.2, 0) is 22.6 Å². The lowest BCUT2D eigenvalue weighted by atomic mass is 10.0. The predicted molar refractivity (Wildman–Crippen MR) is 144 cm³/mol. The summed E-state index contributed by atoms with van der Waals surface area (Å²) in [6.07, 6.45) is 0.259. The van der Waals surface area contributed by atoms with E-state index in [9.17, 15) is 14.4 Å². The molecule has 0 saturated heterocycles. The van der Waals surface area contributed by atoms with Gasteiger partial charge < -0.3 is 19.8 Å². The van der Waals surface area contributed by atoms with Crippen molar-refractivity contribution >= 4 is 23.5 Å². The van der Waals surface area contributed by atoms with Gasteiger partial charge in [-0.3, -0.25) is 14.4 Å². The minimum Gasteiger partial charge on any atom is -0.481 e. The van der Waals surface area contributed by atoms with E-state index in [1.165, 1.54) is 0 Å². The van der Waals surface area contributed by atoms with Crippen LogP contribution in [0.3, 0.4) is 0 Å². The maximum atomic E-state index is 13.0. The molecule has 0 radical (unpaired) electrons. The van der Waals surface area contributed by atoms with E-state index in [0.717, 1.165) is 22.3 Å². The third-order valence-electron chi connectivity index (χ3n) is 5.58. The van der Waals surface area contributed by atoms with E-state index in [0.29, 0.717) is 5.02 Å². The van der Waals surface area contributed by atoms with Crippen LogP contribution in [0.5, 0.6) is 5.75 Å². The largest absolute Gasteiger partial charge is 0.481 e. The first-order chi connectivity index (χ1) is 18.4. The van der Waals surface area contributed by atoms with Crippen LogP contribution < -0.4 is 15.6 Å². The number of ether oxygens (including phenoxy) is 2. The first kappa shape index (κ1) is 26.6. The number of aromatic nitrogens is 2. The summed E-state index contributed by atoms with van der Waals surface area (Å²) in [5.41, 5.74) is 2.72. The molecule has 9 heteroatoms. The first-order valence-corrected chi connectivity index (χ1v) is 12.4. The smallest absolute Gasteiger partial charge is 0.325 e. The zero-order valence-corrected chi connectivity index (χ0v) is 21.5. The average molecular weight is 532 g/mol. The van der Waals surface area contributed by atoms with Gasteiger partial charge in [-0.1, -0.05) is 84.4 Å². The number of esters is 1. The summed E-state index contributed by atoms with van der Waals surface area (Å²) < 4.78 is 10.6. The van der Waals surface area contributed by atoms with Gasteiger partial charge in [0.25, 0.3) is 11.5 Å². The standard InChI is InChI=1S/C29H26ClN3O5/c1-2-37-25(34)17-31-28(35)26-27(38-18-20-8-4-3-5-9-20)29(36)33-24(32-26)16-19-12-14-21(15-13-19)22-10-6-7-11-23(22)30/h3-15H,2,16-18H2,1H3,(H,31,35)(H,32,33,36). The molecule has 8 nitrogen and oxygen atoms in total. The van der Waals surface area contributed by atoms with Crippen LogP contribution >= 0.6 is 11.6 Å². The van der Waals surface area contributed by atoms with Gasteiger partial charge in [0.05, 0.1) is 6.61 Å². The van der Waals surface area contributed by atoms with Crippen molar-refractivity contribution in [3.8, 4) is 16.9 Å². The van der Waals surface area contributed by atoms with Gasteiger partial charge in [0.1, 0.15) is 19.0 Å². The van der Waals surface area contributed by atoms with Crippen molar-refractivity contribution < 1.29 is 19.1 Å². The number of carbonyl (C=O) groups excluding carboxylic acids is 2. The molecule has 3 aromatic carbocycles. The van der Waals surface area contributed by atoms with Crippen LogP contribution in [0.1, 0.15) is 34.4 Å². The number of amides is 1. The van der Waals surface area contributed by atoms with E-state index in [2.05, 4.69) is 15.3 Å². The molecule has 1 amide bonds. The van der Waals surface area contributed by atoms with Crippen LogP contribution in [0.2, 0.25) is 5.02 Å². The number of halogens is 1. The Kier molecular flexibility index (Phi) is 8.89. The van der Waals surface area contributed by atoms with Gasteiger partial charge in [-0.25, -0.2) is 4.98 Å². The molecular weight excluding hydrogens is 506 g/mol. The fourth-order valence-corrected chi connectivity index (χ4v) is 3.99. The molecule has 0 spiro atoms. The summed E-state index contributed by atoms with van der Waals surface area (Å²) in [5.74, 6) is -1.28. The van der Waals surface area contributed by atoms with Crippen molar-refractivity contribution in [3.63, 3.8) is 0 Å². The third-order valence-corrected chi connectivity index (χ3v) is 5.91. The minimum absolute atomic E-state index is 0.0621. The van der Waals surface area contributed by atoms with Gasteiger partial charge in [0.15, 0.2) is 5.69 Å². The molecule has 4 aromatic rings. The zero-order valence-electron chi connectivity index (χ0n) is 20.7. The zero-order chi connectivity index (χ0) is 26.9. The van der Waals surface area contributed by atoms with Gasteiger partial charge >= 0.3 is 5.97 Å². The number of hydrogen-bond donors (Lipinski definition) is 2. The van der Waals surface area contributed by atoms with Gasteiger partial charge in [0, 0.05) is 17.0 Å². The second-order valence-corrected chi connectivity index (χ2v) is 8.71. The molecule has 0 aliphatic carbocycles. The van der Waals surface area contributed by atoms with Crippen LogP contribution in [0.25, 0.3) is 11.1 Å². The van der Waals surface area contributed by atoms with Crippen LogP contribution in [0.4, 0.5) is 0 Å². The Balaban J connectivity index is 1.58. The molecule has 38 heavy (non-hydrogen) atoms. The van der Waals surface area contributed by atoms with Gasteiger partial charge in [-0.05, 0) is 29.7 Å². The number of H-pyrrole nitrogens is 1. The fourth-order valence-electron chi connectivity index (χ4n) is 3.75. The number of hydrogen-bond acceptors (Lipinski definition) is 6. The summed E-state index contributed by atoms with van der Waals surface area (Å²) in [6.45, 7) is 1.55. The highest BCUT2D eigenvalue weighted by Gasteiger charge is 2.21. The molecule has 2 N–H and O–H groups in total. The molecule has 0 saturated carbocycles. The normalized spacial score (nSPS) is 10.6. The molecule has 194 valence electrons. The molecule has 0 fully saturated rings. The fraction of sp³-hybridized carbons (Fsp3) is 0.172. The highest BCUT2D eigenvalue weighted by molar-refractivity contribution is 6.33. The van der Waals surface area contributed by atoms with E-state index in [4.69, 9.17) is 21.1 Å². The molecule has 1 heterocycles. The number of aromatic amines is 1. The monoisotopic (exact) mass is 531 g/mol. The second-order valence-electron chi connectivity index (χ2n) is 8.31. The summed E-state index contributed by atoms with van der Waals surface area (Å²) in [5, 5.41) is 3.10. The number of nitrogens with zero attached hydrogens (tertiary/aromatic N) is 1. The Morgan fingerprint density at radius 2 is 1.66 bits per heavy atom. The Bertz CT molecular complexity index is 1470. The molecule has 0 aliphatic rings. The highest BCUT2D eigenvalue weighted by atomic mass is 35.5. The molecule has 0 atom stereocenters. The van der Waals surface area contributed by atoms with Crippen LogP contribution in [-0.4, -0.2) is 35.0 Å². The third kappa shape index (κ3) is 6.86. The Labute approximate surface area is 224 Å². The molecule has 0 unspecified atom stereocenters. The molecule has 0 aliphatic heterocycles. The molecule has 1 aromatic heterocycles. The number of nitrogens with one attached hydrogen (secondary N) is 2. The van der Waals surface area contributed by atoms with Crippen molar-refractivity contribution in [2.45, 2.75) is 20.0 Å². The SMILES string of the molecule is CCOC(=O)CNC(=O)c1nc(Cc2ccc(-c3ccccc3Cl)cc2)[nH]c(=O)c1OCc1ccccc1. The maximum Gasteiger partial charge on any atom is 0.325 e. The molecule has 0 bridgehead atoms. The molecular formula is C29H26ClN3O5. The lowest BCUT2D eigenvalue weighted by molar-refractivity contribution is -0.141. The Hall–Kier alpha value is -4.43. The Morgan fingerprint density at radius 3 is 2.37 bits per heavy atom. The summed E-state index contributed by atoms with van der Waals surface area (Å²) in [7, 11) is 0. The van der Waals surface area contributed by atoms with E-state index >= 15 is 0 Å². The maximum absolute atomic E-state index is 13.0. The van der Waals surface area contributed by atoms with Crippen molar-refractivity contribution in [2.24, 2.45) is 0 Å². The van der Waals surface area contributed by atoms with Gasteiger partial charge in [0.2, 0.25) is 5.75 Å². The number of rotatable bonds is 10. The van der Waals surface area contributed by atoms with Crippen molar-refractivity contribution in [1.82, 2.24) is 15.3 Å². The average Bonchev–Trinajstić information content (AvgIpc) is 2.92. The lowest BCUT2D eigenvalue weighted by Crippen LogP contribution is -2.33. The first-order valence-electron chi connectivity index (χ1n) is 12.0. The van der Waals surface area contributed by atoms with Crippen molar-refractivity contribution in [1.29, 1.82) is 0 Å². The van der Waals surface area contributed by atoms with E-state index < -0.39 is 17.4 Å².